The van der Waals surface area contributed by atoms with E-state index in [1.54, 1.807) is 0 Å². The zero-order valence-corrected chi connectivity index (χ0v) is 30.2. The molecule has 1 aromatic heterocycles. The fourth-order valence-corrected chi connectivity index (χ4v) is 9.90. The maximum Gasteiger partial charge on any atom is 0.216 e. The molecule has 0 spiro atoms. The topological polar surface area (TPSA) is 112 Å². The average molecular weight is 668 g/mol. The summed E-state index contributed by atoms with van der Waals surface area (Å²) in [5.41, 5.74) is 5.03. The molecule has 6 atom stereocenters. The summed E-state index contributed by atoms with van der Waals surface area (Å²) < 4.78 is 37.6. The van der Waals surface area contributed by atoms with Gasteiger partial charge in [0.25, 0.3) is 0 Å². The van der Waals surface area contributed by atoms with Crippen molar-refractivity contribution in [2.45, 2.75) is 123 Å². The van der Waals surface area contributed by atoms with Crippen LogP contribution >= 0.6 is 0 Å². The smallest absolute Gasteiger partial charge is 0.216 e. The van der Waals surface area contributed by atoms with E-state index in [9.17, 15) is 8.42 Å². The molecule has 1 aromatic carbocycles. The maximum atomic E-state index is 13.9. The van der Waals surface area contributed by atoms with Gasteiger partial charge in [0.1, 0.15) is 18.3 Å². The Labute approximate surface area is 282 Å². The number of sulfonamides is 1. The standard InChI is InChI=1S/C36H57N7O3S/c1-24(2)13-14-28-21-46-33-16-31(34-25(3)9-7-10-26(34)4)39-35(40-33)41-47(44,45)30-12-8-11-27(15-30)19-42(28)20-32-37-17-29(18-38-32)43-22-36(5,6)23-43/h7,9-10,17-18,24,27-28,30-31,33,35,39-41H,8,11-16,19-23H2,1-6H3/t27?,28-,30?,31?,33?,35?/m1/s1. The molecule has 1 saturated carbocycles. The van der Waals surface area contributed by atoms with Crippen LogP contribution in [0.1, 0.15) is 101 Å². The third kappa shape index (κ3) is 8.54. The molecule has 4 aliphatic rings. The summed E-state index contributed by atoms with van der Waals surface area (Å²) in [5.74, 6) is 1.66. The van der Waals surface area contributed by atoms with Gasteiger partial charge >= 0.3 is 0 Å². The first-order valence-corrected chi connectivity index (χ1v) is 19.4. The molecule has 3 aliphatic heterocycles. The number of benzene rings is 1. The molecule has 1 aliphatic carbocycles. The highest BCUT2D eigenvalue weighted by atomic mass is 32.2. The van der Waals surface area contributed by atoms with E-state index in [1.165, 1.54) is 16.7 Å². The van der Waals surface area contributed by atoms with E-state index >= 15 is 0 Å². The number of hydrogen-bond donors (Lipinski definition) is 3. The lowest BCUT2D eigenvalue weighted by atomic mass is 9.84. The zero-order chi connectivity index (χ0) is 33.3. The SMILES string of the molecule is Cc1cccc(C)c1C1CC2NC(N1)NS(=O)(=O)C1CCCC(C1)CN(Cc1ncc(N3CC(C)(C)C3)cn1)[C@H](CCC(C)C)CO2. The highest BCUT2D eigenvalue weighted by Crippen LogP contribution is 2.34. The van der Waals surface area contributed by atoms with Crippen molar-refractivity contribution in [3.8, 4) is 0 Å². The van der Waals surface area contributed by atoms with Crippen LogP contribution in [0.3, 0.4) is 0 Å². The van der Waals surface area contributed by atoms with Crippen molar-refractivity contribution in [1.82, 2.24) is 30.2 Å². The first-order valence-electron chi connectivity index (χ1n) is 17.9. The molecule has 5 unspecified atom stereocenters. The van der Waals surface area contributed by atoms with E-state index in [0.29, 0.717) is 43.7 Å². The molecular weight excluding hydrogens is 611 g/mol. The molecule has 260 valence electrons. The number of nitrogens with one attached hydrogen (secondary N) is 3. The average Bonchev–Trinajstić information content (AvgIpc) is 2.99. The monoisotopic (exact) mass is 667 g/mol. The molecule has 4 bridgehead atoms. The van der Waals surface area contributed by atoms with E-state index in [1.807, 2.05) is 12.4 Å². The Bertz CT molecular complexity index is 1440. The fraction of sp³-hybridized carbons (Fsp3) is 0.722. The number of rotatable bonds is 7. The van der Waals surface area contributed by atoms with Crippen LogP contribution in [0.4, 0.5) is 5.69 Å². The van der Waals surface area contributed by atoms with Crippen molar-refractivity contribution in [1.29, 1.82) is 0 Å². The lowest BCUT2D eigenvalue weighted by Gasteiger charge is -2.47. The Morgan fingerprint density at radius 2 is 1.77 bits per heavy atom. The third-order valence-electron chi connectivity index (χ3n) is 10.7. The third-order valence-corrected chi connectivity index (χ3v) is 12.6. The number of aryl methyl sites for hydroxylation is 2. The van der Waals surface area contributed by atoms with E-state index in [2.05, 4.69) is 84.9 Å². The predicted octanol–water partition coefficient (Wildman–Crippen LogP) is 4.99. The fourth-order valence-electron chi connectivity index (χ4n) is 8.24. The molecular formula is C36H57N7O3S. The molecule has 4 heterocycles. The quantitative estimate of drug-likeness (QED) is 0.376. The van der Waals surface area contributed by atoms with Crippen LogP contribution in [0.15, 0.2) is 30.6 Å². The summed E-state index contributed by atoms with van der Waals surface area (Å²) in [6.45, 7) is 17.4. The van der Waals surface area contributed by atoms with Crippen LogP contribution in [-0.4, -0.2) is 73.3 Å². The molecule has 3 N–H and O–H groups in total. The van der Waals surface area contributed by atoms with Crippen molar-refractivity contribution >= 4 is 15.7 Å². The lowest BCUT2D eigenvalue weighted by Crippen LogP contribution is -2.64. The van der Waals surface area contributed by atoms with Crippen molar-refractivity contribution in [3.63, 3.8) is 0 Å². The Morgan fingerprint density at radius 3 is 2.45 bits per heavy atom. The van der Waals surface area contributed by atoms with Gasteiger partial charge < -0.3 is 9.64 Å². The molecule has 0 amide bonds. The minimum atomic E-state index is -3.58. The maximum absolute atomic E-state index is 13.9. The van der Waals surface area contributed by atoms with Crippen LogP contribution in [0, 0.1) is 31.1 Å². The van der Waals surface area contributed by atoms with Crippen molar-refractivity contribution in [2.75, 3.05) is 31.1 Å². The number of aromatic nitrogens is 2. The number of nitrogens with zero attached hydrogens (tertiary/aromatic N) is 4. The highest BCUT2D eigenvalue weighted by molar-refractivity contribution is 7.90. The lowest BCUT2D eigenvalue weighted by molar-refractivity contribution is -0.0475. The van der Waals surface area contributed by atoms with Gasteiger partial charge in [0.15, 0.2) is 0 Å². The molecule has 0 radical (unpaired) electrons. The molecule has 6 rings (SSSR count). The molecule has 11 heteroatoms. The van der Waals surface area contributed by atoms with Crippen LogP contribution in [0.5, 0.6) is 0 Å². The van der Waals surface area contributed by atoms with E-state index in [0.717, 1.165) is 56.8 Å². The molecule has 47 heavy (non-hydrogen) atoms. The highest BCUT2D eigenvalue weighted by Gasteiger charge is 2.39. The van der Waals surface area contributed by atoms with Gasteiger partial charge in [-0.25, -0.2) is 18.4 Å². The van der Waals surface area contributed by atoms with Crippen molar-refractivity contribution < 1.29 is 13.2 Å². The predicted molar refractivity (Wildman–Crippen MR) is 187 cm³/mol. The van der Waals surface area contributed by atoms with E-state index < -0.39 is 21.6 Å². The number of ether oxygens (including phenoxy) is 1. The molecule has 3 saturated heterocycles. The zero-order valence-electron chi connectivity index (χ0n) is 29.3. The van der Waals surface area contributed by atoms with Gasteiger partial charge in [0, 0.05) is 38.1 Å². The first-order chi connectivity index (χ1) is 22.3. The summed E-state index contributed by atoms with van der Waals surface area (Å²) in [6, 6.07) is 6.45. The van der Waals surface area contributed by atoms with Gasteiger partial charge in [0.2, 0.25) is 10.0 Å². The Kier molecular flexibility index (Phi) is 10.6. The summed E-state index contributed by atoms with van der Waals surface area (Å²) in [4.78, 5) is 14.5. The van der Waals surface area contributed by atoms with Gasteiger partial charge in [-0.1, -0.05) is 52.3 Å². The largest absolute Gasteiger partial charge is 0.368 e. The second-order valence-electron chi connectivity index (χ2n) is 15.9. The van der Waals surface area contributed by atoms with Gasteiger partial charge in [-0.2, -0.15) is 4.72 Å². The number of hydrogen-bond acceptors (Lipinski definition) is 9. The van der Waals surface area contributed by atoms with Crippen LogP contribution in [-0.2, 0) is 21.3 Å². The Hall–Kier alpha value is -2.15. The van der Waals surface area contributed by atoms with Gasteiger partial charge in [-0.3, -0.25) is 15.5 Å². The summed E-state index contributed by atoms with van der Waals surface area (Å²) >= 11 is 0. The Balaban J connectivity index is 1.28. The second-order valence-corrected chi connectivity index (χ2v) is 17.9. The second kappa shape index (κ2) is 14.4. The molecule has 10 nitrogen and oxygen atoms in total. The van der Waals surface area contributed by atoms with Gasteiger partial charge in [-0.05, 0) is 79.9 Å². The minimum Gasteiger partial charge on any atom is -0.368 e. The summed E-state index contributed by atoms with van der Waals surface area (Å²) in [6.07, 6.45) is 9.09. The number of fused-ring (bicyclic) bond motifs is 4. The number of anilines is 1. The van der Waals surface area contributed by atoms with E-state index in [4.69, 9.17) is 14.7 Å². The summed E-state index contributed by atoms with van der Waals surface area (Å²) in [7, 11) is -3.58. The van der Waals surface area contributed by atoms with E-state index in [-0.39, 0.29) is 24.2 Å². The Morgan fingerprint density at radius 1 is 1.04 bits per heavy atom. The first kappa shape index (κ1) is 34.7. The normalized spacial score (nSPS) is 31.3. The van der Waals surface area contributed by atoms with Crippen LogP contribution in [0.25, 0.3) is 0 Å². The molecule has 2 aromatic rings. The summed E-state index contributed by atoms with van der Waals surface area (Å²) in [5, 5.41) is 6.64. The van der Waals surface area contributed by atoms with Gasteiger partial charge in [-0.15, -0.1) is 0 Å². The van der Waals surface area contributed by atoms with Crippen LogP contribution < -0.4 is 20.3 Å². The molecule has 4 fully saturated rings. The van der Waals surface area contributed by atoms with Crippen molar-refractivity contribution in [2.24, 2.45) is 17.3 Å². The van der Waals surface area contributed by atoms with Crippen LogP contribution in [0.2, 0.25) is 0 Å². The van der Waals surface area contributed by atoms with Crippen molar-refractivity contribution in [3.05, 3.63) is 53.1 Å². The minimum absolute atomic E-state index is 0.0477. The van der Waals surface area contributed by atoms with Gasteiger partial charge in [0.05, 0.1) is 36.5 Å².